The standard InChI is InChI=1S/C6H9N3O/c1-3-5-8-6(10)4-7-9(5)2/h4H,3H2,1-2H3. The minimum absolute atomic E-state index is 0.269. The van der Waals surface area contributed by atoms with Gasteiger partial charge in [0.2, 0.25) is 0 Å². The molecular formula is C6H9N3O. The van der Waals surface area contributed by atoms with Crippen molar-refractivity contribution in [1.29, 1.82) is 0 Å². The first-order valence-electron chi connectivity index (χ1n) is 3.13. The molecule has 1 rings (SSSR count). The number of hydrogen-bond acceptors (Lipinski definition) is 3. The third-order valence-corrected chi connectivity index (χ3v) is 1.27. The molecule has 54 valence electrons. The Morgan fingerprint density at radius 1 is 1.70 bits per heavy atom. The van der Waals surface area contributed by atoms with E-state index in [0.717, 1.165) is 6.42 Å². The molecule has 0 N–H and O–H groups in total. The van der Waals surface area contributed by atoms with Crippen molar-refractivity contribution in [2.45, 2.75) is 13.3 Å². The van der Waals surface area contributed by atoms with Gasteiger partial charge >= 0.3 is 0 Å². The minimum atomic E-state index is -0.269. The highest BCUT2D eigenvalue weighted by molar-refractivity contribution is 4.83. The van der Waals surface area contributed by atoms with Crippen molar-refractivity contribution in [2.75, 3.05) is 0 Å². The lowest BCUT2D eigenvalue weighted by atomic mass is 10.4. The maximum absolute atomic E-state index is 10.6. The van der Waals surface area contributed by atoms with E-state index >= 15 is 0 Å². The number of rotatable bonds is 1. The lowest BCUT2D eigenvalue weighted by Gasteiger charge is -1.99. The van der Waals surface area contributed by atoms with Gasteiger partial charge in [-0.15, -0.1) is 0 Å². The molecule has 0 bridgehead atoms. The van der Waals surface area contributed by atoms with Crippen LogP contribution in [0.15, 0.2) is 11.0 Å². The van der Waals surface area contributed by atoms with E-state index in [0.29, 0.717) is 5.82 Å². The zero-order valence-electron chi connectivity index (χ0n) is 6.03. The lowest BCUT2D eigenvalue weighted by molar-refractivity contribution is 0.643. The quantitative estimate of drug-likeness (QED) is 0.538. The van der Waals surface area contributed by atoms with Gasteiger partial charge in [0.25, 0.3) is 5.56 Å². The van der Waals surface area contributed by atoms with Gasteiger partial charge in [0.15, 0.2) is 0 Å². The Morgan fingerprint density at radius 2 is 2.40 bits per heavy atom. The normalized spacial score (nSPS) is 9.80. The second-order valence-electron chi connectivity index (χ2n) is 1.99. The van der Waals surface area contributed by atoms with Crippen molar-refractivity contribution in [3.63, 3.8) is 0 Å². The molecule has 0 aliphatic carbocycles. The van der Waals surface area contributed by atoms with Crippen LogP contribution in [0.2, 0.25) is 0 Å². The van der Waals surface area contributed by atoms with E-state index in [-0.39, 0.29) is 5.56 Å². The van der Waals surface area contributed by atoms with Crippen LogP contribution >= 0.6 is 0 Å². The Morgan fingerprint density at radius 3 is 2.90 bits per heavy atom. The van der Waals surface area contributed by atoms with E-state index in [4.69, 9.17) is 0 Å². The van der Waals surface area contributed by atoms with Crippen LogP contribution in [0.5, 0.6) is 0 Å². The lowest BCUT2D eigenvalue weighted by Crippen LogP contribution is -2.16. The highest BCUT2D eigenvalue weighted by Crippen LogP contribution is 1.85. The van der Waals surface area contributed by atoms with Gasteiger partial charge < -0.3 is 0 Å². The molecule has 4 nitrogen and oxygen atoms in total. The van der Waals surface area contributed by atoms with Gasteiger partial charge in [-0.3, -0.25) is 9.48 Å². The molecule has 0 radical (unpaired) electrons. The Labute approximate surface area is 58.5 Å². The highest BCUT2D eigenvalue weighted by Gasteiger charge is 1.94. The Bertz CT molecular complexity index is 279. The fraction of sp³-hybridized carbons (Fsp3) is 0.500. The SMILES string of the molecule is CCc1nc(=O)cnn1C. The van der Waals surface area contributed by atoms with Gasteiger partial charge in [-0.05, 0) is 0 Å². The fourth-order valence-corrected chi connectivity index (χ4v) is 0.739. The number of hydrogen-bond donors (Lipinski definition) is 0. The molecule has 0 aliphatic heterocycles. The van der Waals surface area contributed by atoms with E-state index in [1.54, 1.807) is 11.7 Å². The predicted molar refractivity (Wildman–Crippen MR) is 36.7 cm³/mol. The predicted octanol–water partition coefficient (Wildman–Crippen LogP) is -0.262. The molecule has 1 heterocycles. The van der Waals surface area contributed by atoms with Gasteiger partial charge in [-0.2, -0.15) is 10.1 Å². The molecule has 0 spiro atoms. The molecule has 0 atom stereocenters. The summed E-state index contributed by atoms with van der Waals surface area (Å²) in [5.74, 6) is 0.715. The fourth-order valence-electron chi connectivity index (χ4n) is 0.739. The summed E-state index contributed by atoms with van der Waals surface area (Å²) in [6.07, 6.45) is 1.94. The number of aryl methyl sites for hydroxylation is 2. The summed E-state index contributed by atoms with van der Waals surface area (Å²) in [5, 5.41) is 3.79. The molecule has 0 unspecified atom stereocenters. The van der Waals surface area contributed by atoms with Crippen molar-refractivity contribution in [1.82, 2.24) is 14.8 Å². The summed E-state index contributed by atoms with van der Waals surface area (Å²) >= 11 is 0. The van der Waals surface area contributed by atoms with E-state index < -0.39 is 0 Å². The molecule has 0 aliphatic rings. The summed E-state index contributed by atoms with van der Waals surface area (Å²) < 4.78 is 1.60. The van der Waals surface area contributed by atoms with Crippen LogP contribution in [0.4, 0.5) is 0 Å². The van der Waals surface area contributed by atoms with Gasteiger partial charge in [-0.25, -0.2) is 0 Å². The first-order chi connectivity index (χ1) is 4.74. The van der Waals surface area contributed by atoms with Gasteiger partial charge in [-0.1, -0.05) is 6.92 Å². The highest BCUT2D eigenvalue weighted by atomic mass is 16.1. The van der Waals surface area contributed by atoms with E-state index in [1.165, 1.54) is 6.20 Å². The van der Waals surface area contributed by atoms with Crippen LogP contribution in [0.1, 0.15) is 12.7 Å². The van der Waals surface area contributed by atoms with Crippen molar-refractivity contribution >= 4 is 0 Å². The molecule has 4 heteroatoms. The monoisotopic (exact) mass is 139 g/mol. The van der Waals surface area contributed by atoms with Crippen LogP contribution < -0.4 is 5.56 Å². The smallest absolute Gasteiger partial charge is 0.266 e. The van der Waals surface area contributed by atoms with E-state index in [2.05, 4.69) is 10.1 Å². The molecule has 1 aromatic rings. The molecule has 0 saturated heterocycles. The summed E-state index contributed by atoms with van der Waals surface area (Å²) in [6, 6.07) is 0. The second kappa shape index (κ2) is 2.60. The summed E-state index contributed by atoms with van der Waals surface area (Å²) in [7, 11) is 1.77. The minimum Gasteiger partial charge on any atom is -0.266 e. The zero-order valence-corrected chi connectivity index (χ0v) is 6.03. The van der Waals surface area contributed by atoms with Crippen molar-refractivity contribution < 1.29 is 0 Å². The maximum Gasteiger partial charge on any atom is 0.291 e. The largest absolute Gasteiger partial charge is 0.291 e. The summed E-state index contributed by atoms with van der Waals surface area (Å²) in [5.41, 5.74) is -0.269. The Balaban J connectivity index is 3.22. The van der Waals surface area contributed by atoms with Gasteiger partial charge in [0.1, 0.15) is 12.0 Å². The maximum atomic E-state index is 10.6. The first-order valence-corrected chi connectivity index (χ1v) is 3.13. The average molecular weight is 139 g/mol. The first kappa shape index (κ1) is 6.92. The topological polar surface area (TPSA) is 47.8 Å². The average Bonchev–Trinajstić information content (AvgIpc) is 1.94. The van der Waals surface area contributed by atoms with Gasteiger partial charge in [0, 0.05) is 13.5 Å². The van der Waals surface area contributed by atoms with Crippen LogP contribution in [-0.4, -0.2) is 14.8 Å². The second-order valence-corrected chi connectivity index (χ2v) is 1.99. The van der Waals surface area contributed by atoms with Gasteiger partial charge in [0.05, 0.1) is 0 Å². The van der Waals surface area contributed by atoms with Crippen molar-refractivity contribution in [3.8, 4) is 0 Å². The van der Waals surface area contributed by atoms with Crippen molar-refractivity contribution in [2.24, 2.45) is 7.05 Å². The molecule has 0 saturated carbocycles. The van der Waals surface area contributed by atoms with Crippen LogP contribution in [0, 0.1) is 0 Å². The van der Waals surface area contributed by atoms with Crippen LogP contribution in [0.3, 0.4) is 0 Å². The third-order valence-electron chi connectivity index (χ3n) is 1.27. The molecule has 0 amide bonds. The third kappa shape index (κ3) is 1.21. The summed E-state index contributed by atoms with van der Waals surface area (Å²) in [6.45, 7) is 1.93. The van der Waals surface area contributed by atoms with E-state index in [1.807, 2.05) is 6.92 Å². The van der Waals surface area contributed by atoms with E-state index in [9.17, 15) is 4.79 Å². The Kier molecular flexibility index (Phi) is 1.80. The van der Waals surface area contributed by atoms with Crippen molar-refractivity contribution in [3.05, 3.63) is 22.4 Å². The summed E-state index contributed by atoms with van der Waals surface area (Å²) in [4.78, 5) is 14.4. The molecule has 0 aromatic carbocycles. The zero-order chi connectivity index (χ0) is 7.56. The van der Waals surface area contributed by atoms with Crippen LogP contribution in [0.25, 0.3) is 0 Å². The number of aromatic nitrogens is 3. The Hall–Kier alpha value is -1.19. The molecule has 10 heavy (non-hydrogen) atoms. The molecular weight excluding hydrogens is 130 g/mol. The van der Waals surface area contributed by atoms with Crippen LogP contribution in [-0.2, 0) is 13.5 Å². The molecule has 0 fully saturated rings. The molecule has 1 aromatic heterocycles. The number of nitrogens with zero attached hydrogens (tertiary/aromatic N) is 3.